The van der Waals surface area contributed by atoms with Crippen molar-refractivity contribution in [2.45, 2.75) is 19.9 Å². The number of nitrogens with one attached hydrogen (secondary N) is 2. The molecule has 13 heavy (non-hydrogen) atoms. The zero-order valence-corrected chi connectivity index (χ0v) is 9.15. The smallest absolute Gasteiger partial charge is 0.205 e. The Hall–Kier alpha value is -0.620. The minimum Gasteiger partial charge on any atom is -0.353 e. The fourth-order valence-corrected chi connectivity index (χ4v) is 1.04. The summed E-state index contributed by atoms with van der Waals surface area (Å²) in [5.41, 5.74) is 2.45. The molecule has 0 rings (SSSR count). The van der Waals surface area contributed by atoms with Crippen molar-refractivity contribution in [1.82, 2.24) is 10.7 Å². The Balaban J connectivity index is 3.85. The number of rotatable bonds is 4. The van der Waals surface area contributed by atoms with E-state index in [1.165, 1.54) is 0 Å². The number of hydrogen-bond acceptors (Lipinski definition) is 3. The lowest BCUT2D eigenvalue weighted by molar-refractivity contribution is 0.685. The third-order valence-electron chi connectivity index (χ3n) is 1.21. The van der Waals surface area contributed by atoms with Crippen LogP contribution in [0.3, 0.4) is 0 Å². The normalized spacial score (nSPS) is 14.4. The maximum Gasteiger partial charge on any atom is 0.205 e. The van der Waals surface area contributed by atoms with Crippen LogP contribution in [0.25, 0.3) is 0 Å². The first kappa shape index (κ1) is 12.4. The van der Waals surface area contributed by atoms with Crippen molar-refractivity contribution in [3.05, 3.63) is 0 Å². The van der Waals surface area contributed by atoms with E-state index in [-0.39, 0.29) is 6.04 Å². The summed E-state index contributed by atoms with van der Waals surface area (Å²) in [5, 5.41) is 3.02. The highest BCUT2D eigenvalue weighted by molar-refractivity contribution is 7.84. The quantitative estimate of drug-likeness (QED) is 0.243. The average Bonchev–Trinajstić information content (AvgIpc) is 2.01. The van der Waals surface area contributed by atoms with Gasteiger partial charge in [-0.1, -0.05) is 0 Å². The van der Waals surface area contributed by atoms with Gasteiger partial charge in [-0.25, -0.2) is 5.84 Å². The van der Waals surface area contributed by atoms with E-state index in [4.69, 9.17) is 5.84 Å². The summed E-state index contributed by atoms with van der Waals surface area (Å²) < 4.78 is 10.7. The maximum atomic E-state index is 10.7. The molecule has 0 aromatic heterocycles. The first-order chi connectivity index (χ1) is 6.06. The molecule has 1 atom stereocenters. The van der Waals surface area contributed by atoms with E-state index in [1.54, 1.807) is 6.26 Å². The van der Waals surface area contributed by atoms with Gasteiger partial charge in [-0.2, -0.15) is 0 Å². The second-order valence-corrected chi connectivity index (χ2v) is 4.51. The molecule has 0 spiro atoms. The van der Waals surface area contributed by atoms with Crippen molar-refractivity contribution in [3.63, 3.8) is 0 Å². The molecule has 0 radical (unpaired) electrons. The molecule has 0 fully saturated rings. The number of guanidine groups is 1. The minimum atomic E-state index is -0.800. The molecule has 0 saturated heterocycles. The molecule has 0 aliphatic carbocycles. The van der Waals surface area contributed by atoms with Crippen molar-refractivity contribution in [1.29, 1.82) is 0 Å². The largest absolute Gasteiger partial charge is 0.353 e. The number of aliphatic imine (C=N–C) groups is 1. The molecule has 6 heteroatoms. The Morgan fingerprint density at radius 3 is 2.62 bits per heavy atom. The Morgan fingerprint density at radius 1 is 1.62 bits per heavy atom. The predicted molar refractivity (Wildman–Crippen MR) is 56.8 cm³/mol. The first-order valence-electron chi connectivity index (χ1n) is 4.14. The first-order valence-corrected chi connectivity index (χ1v) is 5.86. The molecule has 0 heterocycles. The Kier molecular flexibility index (Phi) is 6.52. The van der Waals surface area contributed by atoms with Crippen LogP contribution >= 0.6 is 0 Å². The molecule has 0 bridgehead atoms. The van der Waals surface area contributed by atoms with Gasteiger partial charge in [0.15, 0.2) is 0 Å². The number of nitrogens with zero attached hydrogens (tertiary/aromatic N) is 1. The van der Waals surface area contributed by atoms with Gasteiger partial charge in [0.1, 0.15) is 0 Å². The highest BCUT2D eigenvalue weighted by Crippen LogP contribution is 1.80. The van der Waals surface area contributed by atoms with Gasteiger partial charge in [0.2, 0.25) is 5.96 Å². The lowest BCUT2D eigenvalue weighted by atomic mass is 10.4. The van der Waals surface area contributed by atoms with Crippen LogP contribution in [0.1, 0.15) is 13.8 Å². The van der Waals surface area contributed by atoms with Gasteiger partial charge in [0.05, 0.1) is 6.54 Å². The molecule has 0 aromatic rings. The van der Waals surface area contributed by atoms with Gasteiger partial charge in [-0.3, -0.25) is 14.6 Å². The third-order valence-corrected chi connectivity index (χ3v) is 1.97. The maximum absolute atomic E-state index is 10.7. The van der Waals surface area contributed by atoms with Crippen LogP contribution in [-0.4, -0.2) is 34.8 Å². The SMILES string of the molecule is CC(C)NC(=NCCS(C)=O)NN. The summed E-state index contributed by atoms with van der Waals surface area (Å²) in [6, 6.07) is 0.280. The summed E-state index contributed by atoms with van der Waals surface area (Å²) in [5.74, 6) is 6.32. The van der Waals surface area contributed by atoms with E-state index in [1.807, 2.05) is 13.8 Å². The Labute approximate surface area is 81.6 Å². The van der Waals surface area contributed by atoms with Crippen LogP contribution in [0.5, 0.6) is 0 Å². The molecular formula is C7H18N4OS. The fourth-order valence-electron chi connectivity index (χ4n) is 0.692. The molecule has 1 unspecified atom stereocenters. The zero-order chi connectivity index (χ0) is 10.3. The van der Waals surface area contributed by atoms with Crippen LogP contribution < -0.4 is 16.6 Å². The van der Waals surface area contributed by atoms with Gasteiger partial charge < -0.3 is 5.32 Å². The second kappa shape index (κ2) is 6.85. The summed E-state index contributed by atoms with van der Waals surface area (Å²) in [6.45, 7) is 4.50. The molecule has 0 saturated carbocycles. The van der Waals surface area contributed by atoms with Crippen molar-refractivity contribution in [2.75, 3.05) is 18.6 Å². The Bertz CT molecular complexity index is 193. The number of nitrogens with two attached hydrogens (primary N) is 1. The van der Waals surface area contributed by atoms with Crippen LogP contribution in [-0.2, 0) is 10.8 Å². The predicted octanol–water partition coefficient (Wildman–Crippen LogP) is -0.818. The molecule has 0 aliphatic heterocycles. The fraction of sp³-hybridized carbons (Fsp3) is 0.857. The van der Waals surface area contributed by atoms with Crippen molar-refractivity contribution in [3.8, 4) is 0 Å². The van der Waals surface area contributed by atoms with Crippen molar-refractivity contribution < 1.29 is 4.21 Å². The van der Waals surface area contributed by atoms with Gasteiger partial charge >= 0.3 is 0 Å². The lowest BCUT2D eigenvalue weighted by Gasteiger charge is -2.11. The van der Waals surface area contributed by atoms with Gasteiger partial charge in [-0.15, -0.1) is 0 Å². The van der Waals surface area contributed by atoms with E-state index >= 15 is 0 Å². The van der Waals surface area contributed by atoms with Crippen molar-refractivity contribution in [2.24, 2.45) is 10.8 Å². The number of hydrazine groups is 1. The Morgan fingerprint density at radius 2 is 2.23 bits per heavy atom. The van der Waals surface area contributed by atoms with E-state index in [9.17, 15) is 4.21 Å². The van der Waals surface area contributed by atoms with Crippen molar-refractivity contribution >= 4 is 16.8 Å². The van der Waals surface area contributed by atoms with Crippen LogP contribution in [0.15, 0.2) is 4.99 Å². The summed E-state index contributed by atoms with van der Waals surface area (Å²) in [6.07, 6.45) is 1.65. The van der Waals surface area contributed by atoms with Gasteiger partial charge in [-0.05, 0) is 13.8 Å². The monoisotopic (exact) mass is 206 g/mol. The van der Waals surface area contributed by atoms with Crippen LogP contribution in [0.2, 0.25) is 0 Å². The molecule has 5 nitrogen and oxygen atoms in total. The second-order valence-electron chi connectivity index (χ2n) is 2.95. The minimum absolute atomic E-state index is 0.280. The molecular weight excluding hydrogens is 188 g/mol. The molecule has 0 aromatic carbocycles. The molecule has 0 aliphatic rings. The van der Waals surface area contributed by atoms with Crippen LogP contribution in [0, 0.1) is 0 Å². The van der Waals surface area contributed by atoms with E-state index < -0.39 is 10.8 Å². The average molecular weight is 206 g/mol. The summed E-state index contributed by atoms with van der Waals surface area (Å²) in [4.78, 5) is 4.10. The molecule has 0 amide bonds. The third kappa shape index (κ3) is 7.73. The molecule has 4 N–H and O–H groups in total. The van der Waals surface area contributed by atoms with Gasteiger partial charge in [0.25, 0.3) is 0 Å². The van der Waals surface area contributed by atoms with Crippen LogP contribution in [0.4, 0.5) is 0 Å². The van der Waals surface area contributed by atoms with E-state index in [0.717, 1.165) is 0 Å². The van der Waals surface area contributed by atoms with Gasteiger partial charge in [0, 0.05) is 28.9 Å². The highest BCUT2D eigenvalue weighted by atomic mass is 32.2. The molecule has 78 valence electrons. The highest BCUT2D eigenvalue weighted by Gasteiger charge is 1.97. The summed E-state index contributed by atoms with van der Waals surface area (Å²) >= 11 is 0. The topological polar surface area (TPSA) is 79.5 Å². The van der Waals surface area contributed by atoms with E-state index in [2.05, 4.69) is 15.7 Å². The number of hydrogen-bond donors (Lipinski definition) is 3. The van der Waals surface area contributed by atoms with E-state index in [0.29, 0.717) is 18.3 Å². The lowest BCUT2D eigenvalue weighted by Crippen LogP contribution is -2.44. The standard InChI is InChI=1S/C7H18N4OS/c1-6(2)10-7(11-8)9-4-5-13(3)12/h6H,4-5,8H2,1-3H3,(H2,9,10,11). The zero-order valence-electron chi connectivity index (χ0n) is 8.33. The summed E-state index contributed by atoms with van der Waals surface area (Å²) in [7, 11) is -0.800.